The van der Waals surface area contributed by atoms with Crippen LogP contribution in [0.4, 0.5) is 0 Å². The first kappa shape index (κ1) is 30.7. The molecule has 1 aliphatic rings. The zero-order chi connectivity index (χ0) is 26.2. The van der Waals surface area contributed by atoms with E-state index in [-0.39, 0.29) is 47.9 Å². The molecule has 8 heteroatoms. The minimum absolute atomic E-state index is 0.0197. The summed E-state index contributed by atoms with van der Waals surface area (Å²) in [4.78, 5) is 46.5. The maximum absolute atomic E-state index is 11.8. The van der Waals surface area contributed by atoms with E-state index in [4.69, 9.17) is 14.2 Å². The summed E-state index contributed by atoms with van der Waals surface area (Å²) in [7, 11) is 1.39. The predicted molar refractivity (Wildman–Crippen MR) is 131 cm³/mol. The third kappa shape index (κ3) is 12.8. The van der Waals surface area contributed by atoms with E-state index in [9.17, 15) is 19.2 Å². The second kappa shape index (κ2) is 17.1. The molecule has 0 heterocycles. The van der Waals surface area contributed by atoms with Gasteiger partial charge in [-0.2, -0.15) is 0 Å². The van der Waals surface area contributed by atoms with Crippen LogP contribution in [0.2, 0.25) is 0 Å². The Kier molecular flexibility index (Phi) is 15.0. The predicted octanol–water partition coefficient (Wildman–Crippen LogP) is 5.07. The van der Waals surface area contributed by atoms with Gasteiger partial charge >= 0.3 is 23.9 Å². The molecule has 0 aromatic rings. The minimum Gasteiger partial charge on any atom is -0.469 e. The van der Waals surface area contributed by atoms with Crippen LogP contribution < -0.4 is 0 Å². The highest BCUT2D eigenvalue weighted by Gasteiger charge is 2.45. The minimum atomic E-state index is -0.411. The monoisotopic (exact) mass is 496 g/mol. The van der Waals surface area contributed by atoms with Crippen molar-refractivity contribution in [3.8, 4) is 0 Å². The Balaban J connectivity index is 2.95. The van der Waals surface area contributed by atoms with E-state index in [1.165, 1.54) is 27.9 Å². The fourth-order valence-electron chi connectivity index (χ4n) is 4.78. The van der Waals surface area contributed by atoms with Gasteiger partial charge in [-0.15, -0.1) is 0 Å². The molecule has 1 rings (SSSR count). The van der Waals surface area contributed by atoms with Crippen molar-refractivity contribution in [2.75, 3.05) is 7.11 Å². The van der Waals surface area contributed by atoms with Crippen LogP contribution in [-0.2, 0) is 38.1 Å². The van der Waals surface area contributed by atoms with Crippen molar-refractivity contribution in [3.05, 3.63) is 12.2 Å². The molecular weight excluding hydrogens is 452 g/mol. The lowest BCUT2D eigenvalue weighted by Crippen LogP contribution is -2.26. The second-order valence-corrected chi connectivity index (χ2v) is 9.33. The molecule has 0 aliphatic heterocycles. The van der Waals surface area contributed by atoms with Gasteiger partial charge in [0, 0.05) is 45.4 Å². The van der Waals surface area contributed by atoms with Crippen LogP contribution in [0.1, 0.15) is 98.3 Å². The Hall–Kier alpha value is -2.38. The quantitative estimate of drug-likeness (QED) is 0.126. The third-order valence-corrected chi connectivity index (χ3v) is 6.35. The van der Waals surface area contributed by atoms with E-state index >= 15 is 0 Å². The molecule has 0 amide bonds. The summed E-state index contributed by atoms with van der Waals surface area (Å²) in [6.45, 7) is 6.28. The lowest BCUT2D eigenvalue weighted by Gasteiger charge is -2.24. The van der Waals surface area contributed by atoms with Crippen LogP contribution in [0.15, 0.2) is 12.2 Å². The average molecular weight is 497 g/mol. The average Bonchev–Trinajstić information content (AvgIpc) is 3.08. The first-order valence-corrected chi connectivity index (χ1v) is 12.9. The normalized spacial score (nSPS) is 22.5. The number of hydrogen-bond acceptors (Lipinski definition) is 8. The fourth-order valence-corrected chi connectivity index (χ4v) is 4.78. The van der Waals surface area contributed by atoms with Crippen molar-refractivity contribution < 1.29 is 38.1 Å². The zero-order valence-electron chi connectivity index (χ0n) is 22.1. The van der Waals surface area contributed by atoms with E-state index in [1.54, 1.807) is 0 Å². The molecule has 3 unspecified atom stereocenters. The number of methoxy groups -OCH3 is 1. The van der Waals surface area contributed by atoms with Gasteiger partial charge in [0.25, 0.3) is 0 Å². The Morgan fingerprint density at radius 2 is 1.51 bits per heavy atom. The van der Waals surface area contributed by atoms with Crippen LogP contribution in [-0.4, -0.2) is 49.3 Å². The molecule has 0 bridgehead atoms. The summed E-state index contributed by atoms with van der Waals surface area (Å²) < 4.78 is 21.4. The van der Waals surface area contributed by atoms with Crippen molar-refractivity contribution in [3.63, 3.8) is 0 Å². The highest BCUT2D eigenvalue weighted by atomic mass is 16.6. The molecule has 1 fully saturated rings. The van der Waals surface area contributed by atoms with Gasteiger partial charge in [0.15, 0.2) is 0 Å². The molecule has 200 valence electrons. The number of hydrogen-bond donors (Lipinski definition) is 0. The van der Waals surface area contributed by atoms with Crippen molar-refractivity contribution in [2.45, 2.75) is 117 Å². The molecule has 0 N–H and O–H groups in total. The first-order valence-electron chi connectivity index (χ1n) is 12.9. The number of unbranched alkanes of at least 4 members (excludes halogenated alkanes) is 5. The highest BCUT2D eigenvalue weighted by Crippen LogP contribution is 2.41. The zero-order valence-corrected chi connectivity index (χ0v) is 22.1. The van der Waals surface area contributed by atoms with Gasteiger partial charge < -0.3 is 18.9 Å². The third-order valence-electron chi connectivity index (χ3n) is 6.35. The summed E-state index contributed by atoms with van der Waals surface area (Å²) in [5, 5.41) is 0. The maximum Gasteiger partial charge on any atom is 0.305 e. The van der Waals surface area contributed by atoms with E-state index in [0.717, 1.165) is 57.8 Å². The lowest BCUT2D eigenvalue weighted by molar-refractivity contribution is -0.149. The molecule has 8 nitrogen and oxygen atoms in total. The second-order valence-electron chi connectivity index (χ2n) is 9.33. The number of carbonyl (C=O) groups is 4. The van der Waals surface area contributed by atoms with Gasteiger partial charge in [0.05, 0.1) is 7.11 Å². The van der Waals surface area contributed by atoms with Crippen LogP contribution in [0.25, 0.3) is 0 Å². The Bertz CT molecular complexity index is 701. The molecule has 0 aromatic heterocycles. The molecule has 1 saturated carbocycles. The maximum atomic E-state index is 11.8. The summed E-state index contributed by atoms with van der Waals surface area (Å²) in [5.74, 6) is -1.44. The largest absolute Gasteiger partial charge is 0.469 e. The van der Waals surface area contributed by atoms with Crippen molar-refractivity contribution in [1.82, 2.24) is 0 Å². The number of ether oxygens (including phenoxy) is 4. The Morgan fingerprint density at radius 3 is 2.11 bits per heavy atom. The van der Waals surface area contributed by atoms with Crippen LogP contribution in [0.3, 0.4) is 0 Å². The summed E-state index contributed by atoms with van der Waals surface area (Å²) in [6.07, 6.45) is 11.7. The summed E-state index contributed by atoms with van der Waals surface area (Å²) in [6, 6.07) is 0. The van der Waals surface area contributed by atoms with E-state index in [1.807, 2.05) is 12.2 Å². The van der Waals surface area contributed by atoms with Crippen molar-refractivity contribution >= 4 is 23.9 Å². The number of carbonyl (C=O) groups excluding carboxylic acids is 4. The standard InChI is InChI=1S/C27H44O8/c1-6-7-10-13-22(33-19(2)28)16-17-24-23(14-11-8-9-12-15-27(31)32-5)25(34-20(3)29)18-26(24)35-21(4)30/h16-17,22-26H,6-15,18H2,1-5H3/b17-16+/t22?,23-,24-,25?,26?/m1/s1. The first-order chi connectivity index (χ1) is 16.7. The Morgan fingerprint density at radius 1 is 0.857 bits per heavy atom. The van der Waals surface area contributed by atoms with Gasteiger partial charge in [0.1, 0.15) is 18.3 Å². The number of rotatable bonds is 16. The van der Waals surface area contributed by atoms with Gasteiger partial charge in [0.2, 0.25) is 0 Å². The van der Waals surface area contributed by atoms with Gasteiger partial charge in [-0.1, -0.05) is 45.1 Å². The van der Waals surface area contributed by atoms with E-state index < -0.39 is 6.10 Å². The number of esters is 4. The van der Waals surface area contributed by atoms with Gasteiger partial charge in [-0.25, -0.2) is 0 Å². The van der Waals surface area contributed by atoms with E-state index in [2.05, 4.69) is 11.7 Å². The fraction of sp³-hybridized carbons (Fsp3) is 0.778. The molecule has 5 atom stereocenters. The molecule has 0 aromatic carbocycles. The summed E-state index contributed by atoms with van der Waals surface area (Å²) >= 11 is 0. The van der Waals surface area contributed by atoms with Crippen LogP contribution in [0.5, 0.6) is 0 Å². The van der Waals surface area contributed by atoms with Crippen LogP contribution in [0, 0.1) is 11.8 Å². The van der Waals surface area contributed by atoms with Gasteiger partial charge in [-0.3, -0.25) is 19.2 Å². The molecule has 0 spiro atoms. The smallest absolute Gasteiger partial charge is 0.305 e. The topological polar surface area (TPSA) is 105 Å². The van der Waals surface area contributed by atoms with Crippen molar-refractivity contribution in [2.24, 2.45) is 11.8 Å². The van der Waals surface area contributed by atoms with Crippen molar-refractivity contribution in [1.29, 1.82) is 0 Å². The molecular formula is C27H44O8. The Labute approximate surface area is 210 Å². The highest BCUT2D eigenvalue weighted by molar-refractivity contribution is 5.69. The SMILES string of the molecule is CCCCCC(/C=C/[C@H]1C(OC(C)=O)CC(OC(C)=O)[C@@H]1CCCCCCC(=O)OC)OC(C)=O. The summed E-state index contributed by atoms with van der Waals surface area (Å²) in [5.41, 5.74) is 0. The van der Waals surface area contributed by atoms with E-state index in [0.29, 0.717) is 12.8 Å². The molecule has 35 heavy (non-hydrogen) atoms. The van der Waals surface area contributed by atoms with Crippen LogP contribution >= 0.6 is 0 Å². The molecule has 0 saturated heterocycles. The lowest BCUT2D eigenvalue weighted by atomic mass is 9.87. The molecule has 0 radical (unpaired) electrons. The molecule has 1 aliphatic carbocycles. The van der Waals surface area contributed by atoms with Gasteiger partial charge in [-0.05, 0) is 31.8 Å².